The molecule has 2 N–H and O–H groups in total. The van der Waals surface area contributed by atoms with E-state index in [1.807, 2.05) is 38.1 Å². The average molecular weight is 274 g/mol. The second kappa shape index (κ2) is 5.06. The summed E-state index contributed by atoms with van der Waals surface area (Å²) in [6.07, 6.45) is 0. The monoisotopic (exact) mass is 273 g/mol. The fourth-order valence-electron chi connectivity index (χ4n) is 2.01. The van der Waals surface area contributed by atoms with Crippen molar-refractivity contribution in [1.29, 1.82) is 0 Å². The molecule has 0 fully saturated rings. The highest BCUT2D eigenvalue weighted by molar-refractivity contribution is 6.34. The van der Waals surface area contributed by atoms with Gasteiger partial charge in [0.25, 0.3) is 0 Å². The van der Waals surface area contributed by atoms with Crippen molar-refractivity contribution in [3.63, 3.8) is 0 Å². The normalized spacial score (nSPS) is 11.3. The van der Waals surface area contributed by atoms with Crippen LogP contribution in [0.5, 0.6) is 0 Å². The average Bonchev–Trinajstić information content (AvgIpc) is 2.39. The van der Waals surface area contributed by atoms with Gasteiger partial charge in [-0.05, 0) is 43.7 Å². The number of rotatable bonds is 3. The van der Waals surface area contributed by atoms with Crippen molar-refractivity contribution < 1.29 is 4.79 Å². The molecule has 19 heavy (non-hydrogen) atoms. The van der Waals surface area contributed by atoms with E-state index < -0.39 is 5.41 Å². The Hall–Kier alpha value is -1.80. The summed E-state index contributed by atoms with van der Waals surface area (Å²) in [5.41, 5.74) is 7.19. The summed E-state index contributed by atoms with van der Waals surface area (Å²) in [5, 5.41) is 0.482. The van der Waals surface area contributed by atoms with Crippen molar-refractivity contribution >= 4 is 23.1 Å². The topological polar surface area (TPSA) is 43.1 Å². The molecule has 0 aliphatic carbocycles. The van der Waals surface area contributed by atoms with E-state index in [9.17, 15) is 4.79 Å². The Morgan fingerprint density at radius 1 is 1.05 bits per heavy atom. The van der Waals surface area contributed by atoms with Crippen molar-refractivity contribution in [2.24, 2.45) is 0 Å². The van der Waals surface area contributed by atoms with E-state index in [1.165, 1.54) is 0 Å². The van der Waals surface area contributed by atoms with Crippen molar-refractivity contribution in [2.75, 3.05) is 5.73 Å². The first-order valence-electron chi connectivity index (χ1n) is 6.08. The standard InChI is InChI=1S/C16H16ClNO/c1-16(2,11-7-9-12(18)10-8-11)15(19)13-5-3-4-6-14(13)17/h3-10H,18H2,1-2H3. The Balaban J connectivity index is 2.42. The molecule has 98 valence electrons. The molecule has 0 bridgehead atoms. The molecule has 0 radical (unpaired) electrons. The Morgan fingerprint density at radius 2 is 1.63 bits per heavy atom. The van der Waals surface area contributed by atoms with Gasteiger partial charge >= 0.3 is 0 Å². The number of nitrogens with two attached hydrogens (primary N) is 1. The Kier molecular flexibility index (Phi) is 3.63. The SMILES string of the molecule is CC(C)(C(=O)c1ccccc1Cl)c1ccc(N)cc1. The highest BCUT2D eigenvalue weighted by Crippen LogP contribution is 2.30. The zero-order chi connectivity index (χ0) is 14.0. The Bertz CT molecular complexity index is 602. The van der Waals surface area contributed by atoms with E-state index in [-0.39, 0.29) is 5.78 Å². The molecule has 0 aliphatic rings. The third-order valence-corrected chi connectivity index (χ3v) is 3.65. The summed E-state index contributed by atoms with van der Waals surface area (Å²) in [5.74, 6) is 0.00266. The predicted molar refractivity (Wildman–Crippen MR) is 79.7 cm³/mol. The molecular weight excluding hydrogens is 258 g/mol. The Labute approximate surface area is 118 Å². The van der Waals surface area contributed by atoms with Crippen LogP contribution in [-0.2, 0) is 5.41 Å². The minimum Gasteiger partial charge on any atom is -0.399 e. The van der Waals surface area contributed by atoms with Crippen molar-refractivity contribution in [2.45, 2.75) is 19.3 Å². The smallest absolute Gasteiger partial charge is 0.174 e. The van der Waals surface area contributed by atoms with Gasteiger partial charge in [-0.25, -0.2) is 0 Å². The summed E-state index contributed by atoms with van der Waals surface area (Å²) in [6.45, 7) is 3.79. The van der Waals surface area contributed by atoms with Crippen LogP contribution in [-0.4, -0.2) is 5.78 Å². The zero-order valence-electron chi connectivity index (χ0n) is 11.0. The van der Waals surface area contributed by atoms with Gasteiger partial charge in [0.1, 0.15) is 0 Å². The van der Waals surface area contributed by atoms with Gasteiger partial charge in [-0.15, -0.1) is 0 Å². The van der Waals surface area contributed by atoms with Crippen LogP contribution in [0.1, 0.15) is 29.8 Å². The molecule has 0 saturated heterocycles. The third-order valence-electron chi connectivity index (χ3n) is 3.32. The summed E-state index contributed by atoms with van der Waals surface area (Å²) in [7, 11) is 0. The predicted octanol–water partition coefficient (Wildman–Crippen LogP) is 4.08. The lowest BCUT2D eigenvalue weighted by Gasteiger charge is -2.24. The molecule has 2 nitrogen and oxygen atoms in total. The van der Waals surface area contributed by atoms with Gasteiger partial charge in [0.05, 0.1) is 10.4 Å². The number of ketones is 1. The molecular formula is C16H16ClNO. The Morgan fingerprint density at radius 3 is 2.21 bits per heavy atom. The first kappa shape index (κ1) is 13.6. The molecule has 0 heterocycles. The minimum atomic E-state index is -0.640. The molecule has 2 rings (SSSR count). The molecule has 0 saturated carbocycles. The lowest BCUT2D eigenvalue weighted by atomic mass is 9.78. The highest BCUT2D eigenvalue weighted by atomic mass is 35.5. The number of carbonyl (C=O) groups is 1. The third kappa shape index (κ3) is 2.64. The number of hydrogen-bond donors (Lipinski definition) is 1. The van der Waals surface area contributed by atoms with Gasteiger partial charge in [0, 0.05) is 11.3 Å². The molecule has 0 atom stereocenters. The summed E-state index contributed by atoms with van der Waals surface area (Å²) in [6, 6.07) is 14.5. The number of halogens is 1. The highest BCUT2D eigenvalue weighted by Gasteiger charge is 2.31. The van der Waals surface area contributed by atoms with Gasteiger partial charge in [-0.1, -0.05) is 35.9 Å². The van der Waals surface area contributed by atoms with Crippen LogP contribution < -0.4 is 5.73 Å². The largest absolute Gasteiger partial charge is 0.399 e. The van der Waals surface area contributed by atoms with E-state index >= 15 is 0 Å². The van der Waals surface area contributed by atoms with E-state index in [0.29, 0.717) is 16.3 Å². The van der Waals surface area contributed by atoms with Gasteiger partial charge in [0.2, 0.25) is 0 Å². The number of anilines is 1. The van der Waals surface area contributed by atoms with Crippen molar-refractivity contribution in [3.8, 4) is 0 Å². The maximum Gasteiger partial charge on any atom is 0.174 e. The number of Topliss-reactive ketones (excluding diaryl/α,β-unsaturated/α-hetero) is 1. The zero-order valence-corrected chi connectivity index (χ0v) is 11.7. The molecule has 0 unspecified atom stereocenters. The number of carbonyl (C=O) groups excluding carboxylic acids is 1. The van der Waals surface area contributed by atoms with Crippen molar-refractivity contribution in [3.05, 3.63) is 64.7 Å². The molecule has 0 amide bonds. The quantitative estimate of drug-likeness (QED) is 0.676. The van der Waals surface area contributed by atoms with Crippen LogP contribution in [0, 0.1) is 0 Å². The van der Waals surface area contributed by atoms with Crippen LogP contribution in [0.25, 0.3) is 0 Å². The lowest BCUT2D eigenvalue weighted by Crippen LogP contribution is -2.29. The second-order valence-electron chi connectivity index (χ2n) is 5.06. The summed E-state index contributed by atoms with van der Waals surface area (Å²) >= 11 is 6.10. The van der Waals surface area contributed by atoms with Gasteiger partial charge < -0.3 is 5.73 Å². The summed E-state index contributed by atoms with van der Waals surface area (Å²) < 4.78 is 0. The molecule has 3 heteroatoms. The molecule has 0 aromatic heterocycles. The lowest BCUT2D eigenvalue weighted by molar-refractivity contribution is 0.0909. The van der Waals surface area contributed by atoms with E-state index in [0.717, 1.165) is 5.56 Å². The molecule has 2 aromatic rings. The van der Waals surface area contributed by atoms with Crippen molar-refractivity contribution in [1.82, 2.24) is 0 Å². The number of benzene rings is 2. The number of nitrogen functional groups attached to an aromatic ring is 1. The summed E-state index contributed by atoms with van der Waals surface area (Å²) in [4.78, 5) is 12.7. The van der Waals surface area contributed by atoms with Crippen LogP contribution in [0.4, 0.5) is 5.69 Å². The first-order chi connectivity index (χ1) is 8.93. The van der Waals surface area contributed by atoms with Crippen LogP contribution in [0.3, 0.4) is 0 Å². The van der Waals surface area contributed by atoms with E-state index in [4.69, 9.17) is 17.3 Å². The van der Waals surface area contributed by atoms with Gasteiger partial charge in [-0.3, -0.25) is 4.79 Å². The second-order valence-corrected chi connectivity index (χ2v) is 5.46. The fraction of sp³-hybridized carbons (Fsp3) is 0.188. The minimum absolute atomic E-state index is 0.00266. The number of hydrogen-bond acceptors (Lipinski definition) is 2. The van der Waals surface area contributed by atoms with Crippen LogP contribution in [0.2, 0.25) is 5.02 Å². The molecule has 2 aromatic carbocycles. The van der Waals surface area contributed by atoms with Gasteiger partial charge in [-0.2, -0.15) is 0 Å². The van der Waals surface area contributed by atoms with Gasteiger partial charge in [0.15, 0.2) is 5.78 Å². The van der Waals surface area contributed by atoms with E-state index in [1.54, 1.807) is 24.3 Å². The van der Waals surface area contributed by atoms with Crippen LogP contribution in [0.15, 0.2) is 48.5 Å². The maximum atomic E-state index is 12.7. The molecule has 0 aliphatic heterocycles. The molecule has 0 spiro atoms. The first-order valence-corrected chi connectivity index (χ1v) is 6.46. The fourth-order valence-corrected chi connectivity index (χ4v) is 2.23. The van der Waals surface area contributed by atoms with Crippen LogP contribution >= 0.6 is 11.6 Å². The maximum absolute atomic E-state index is 12.7. The van der Waals surface area contributed by atoms with E-state index in [2.05, 4.69) is 0 Å².